The van der Waals surface area contributed by atoms with Crippen molar-refractivity contribution in [3.05, 3.63) is 76.2 Å². The number of carbonyl (C=O) groups excluding carboxylic acids is 2. The molecule has 3 aromatic rings. The van der Waals surface area contributed by atoms with Crippen molar-refractivity contribution in [3.8, 4) is 11.5 Å². The largest absolute Gasteiger partial charge is 0.494 e. The second-order valence-corrected chi connectivity index (χ2v) is 7.03. The Labute approximate surface area is 185 Å². The minimum absolute atomic E-state index is 0.0752. The molecular weight excluding hydrogens is 410 g/mol. The third-order valence-corrected chi connectivity index (χ3v) is 4.57. The summed E-state index contributed by atoms with van der Waals surface area (Å²) in [7, 11) is 0. The highest BCUT2D eigenvalue weighted by atomic mass is 16.5. The van der Waals surface area contributed by atoms with E-state index in [4.69, 9.17) is 13.9 Å². The molecule has 1 aromatic heterocycles. The van der Waals surface area contributed by atoms with Crippen molar-refractivity contribution in [2.24, 2.45) is 0 Å². The summed E-state index contributed by atoms with van der Waals surface area (Å²) in [6.07, 6.45) is 5.02. The number of nitrogens with one attached hydrogen (secondary N) is 1. The van der Waals surface area contributed by atoms with E-state index >= 15 is 0 Å². The number of carbonyl (C=O) groups is 2. The van der Waals surface area contributed by atoms with Crippen LogP contribution in [0.5, 0.6) is 11.5 Å². The predicted octanol–water partition coefficient (Wildman–Crippen LogP) is 4.34. The van der Waals surface area contributed by atoms with Gasteiger partial charge in [0.25, 0.3) is 5.91 Å². The Morgan fingerprint density at radius 1 is 1.03 bits per heavy atom. The third kappa shape index (κ3) is 6.07. The molecule has 2 aromatic carbocycles. The summed E-state index contributed by atoms with van der Waals surface area (Å²) >= 11 is 0. The van der Waals surface area contributed by atoms with Gasteiger partial charge in [-0.2, -0.15) is 0 Å². The van der Waals surface area contributed by atoms with E-state index in [-0.39, 0.29) is 16.9 Å². The lowest BCUT2D eigenvalue weighted by Crippen LogP contribution is -2.27. The molecule has 1 N–H and O–H groups in total. The summed E-state index contributed by atoms with van der Waals surface area (Å²) in [4.78, 5) is 36.2. The average molecular weight is 435 g/mol. The van der Waals surface area contributed by atoms with E-state index in [2.05, 4.69) is 12.2 Å². The molecule has 166 valence electrons. The van der Waals surface area contributed by atoms with E-state index in [1.807, 2.05) is 24.3 Å². The molecule has 0 saturated heterocycles. The molecule has 0 saturated carbocycles. The SMILES string of the molecule is CCCCOc1ccc(/C=C/C(=O)Oc2ccc3cc(C(=O)NCC)c(=O)oc3c2)cc1. The van der Waals surface area contributed by atoms with E-state index in [0.717, 1.165) is 24.2 Å². The van der Waals surface area contributed by atoms with E-state index in [0.29, 0.717) is 18.5 Å². The molecule has 0 aliphatic carbocycles. The molecule has 0 atom stereocenters. The fourth-order valence-electron chi connectivity index (χ4n) is 2.89. The van der Waals surface area contributed by atoms with E-state index in [1.54, 1.807) is 25.1 Å². The smallest absolute Gasteiger partial charge is 0.349 e. The normalized spacial score (nSPS) is 10.9. The Kier molecular flexibility index (Phi) is 7.80. The van der Waals surface area contributed by atoms with Crippen molar-refractivity contribution >= 4 is 28.9 Å². The number of amides is 1. The molecule has 7 nitrogen and oxygen atoms in total. The maximum Gasteiger partial charge on any atom is 0.349 e. The highest BCUT2D eigenvalue weighted by molar-refractivity contribution is 5.97. The Hall–Kier alpha value is -3.87. The zero-order valence-electron chi connectivity index (χ0n) is 18.1. The predicted molar refractivity (Wildman–Crippen MR) is 122 cm³/mol. The number of rotatable bonds is 9. The van der Waals surface area contributed by atoms with Crippen LogP contribution in [0.3, 0.4) is 0 Å². The Balaban J connectivity index is 1.65. The van der Waals surface area contributed by atoms with Gasteiger partial charge < -0.3 is 19.2 Å². The Bertz CT molecular complexity index is 1180. The summed E-state index contributed by atoms with van der Waals surface area (Å²) in [6.45, 7) is 4.94. The molecule has 0 spiro atoms. The lowest BCUT2D eigenvalue weighted by atomic mass is 10.1. The molecule has 0 fully saturated rings. The summed E-state index contributed by atoms with van der Waals surface area (Å²) in [5, 5.41) is 3.11. The van der Waals surface area contributed by atoms with Crippen LogP contribution in [-0.4, -0.2) is 25.0 Å². The molecule has 1 heterocycles. The third-order valence-electron chi connectivity index (χ3n) is 4.57. The molecule has 0 aliphatic heterocycles. The second kappa shape index (κ2) is 10.9. The van der Waals surface area contributed by atoms with Gasteiger partial charge in [-0.3, -0.25) is 4.79 Å². The fourth-order valence-corrected chi connectivity index (χ4v) is 2.89. The van der Waals surface area contributed by atoms with E-state index in [1.165, 1.54) is 18.2 Å². The molecule has 7 heteroatoms. The van der Waals surface area contributed by atoms with Crippen LogP contribution in [0.2, 0.25) is 0 Å². The Morgan fingerprint density at radius 2 is 1.78 bits per heavy atom. The topological polar surface area (TPSA) is 94.8 Å². The molecule has 1 amide bonds. The van der Waals surface area contributed by atoms with Crippen molar-refractivity contribution in [3.63, 3.8) is 0 Å². The number of fused-ring (bicyclic) bond motifs is 1. The number of ether oxygens (including phenoxy) is 2. The van der Waals surface area contributed by atoms with Gasteiger partial charge in [0.15, 0.2) is 0 Å². The van der Waals surface area contributed by atoms with Crippen molar-refractivity contribution in [1.82, 2.24) is 5.32 Å². The second-order valence-electron chi connectivity index (χ2n) is 7.03. The number of unbranched alkanes of at least 4 members (excludes halogenated alkanes) is 1. The molecule has 0 bridgehead atoms. The van der Waals surface area contributed by atoms with Crippen LogP contribution >= 0.6 is 0 Å². The average Bonchev–Trinajstić information content (AvgIpc) is 2.78. The van der Waals surface area contributed by atoms with Crippen LogP contribution < -0.4 is 20.4 Å². The van der Waals surface area contributed by atoms with E-state index in [9.17, 15) is 14.4 Å². The number of esters is 1. The molecule has 0 aliphatic rings. The molecular formula is C25H25NO6. The van der Waals surface area contributed by atoms with Gasteiger partial charge in [0.1, 0.15) is 22.6 Å². The maximum absolute atomic E-state index is 12.2. The van der Waals surface area contributed by atoms with E-state index < -0.39 is 17.5 Å². The van der Waals surface area contributed by atoms with Gasteiger partial charge in [0, 0.05) is 24.1 Å². The monoisotopic (exact) mass is 435 g/mol. The van der Waals surface area contributed by atoms with Crippen LogP contribution in [0.4, 0.5) is 0 Å². The first kappa shape index (κ1) is 22.8. The first-order chi connectivity index (χ1) is 15.5. The quantitative estimate of drug-likeness (QED) is 0.177. The van der Waals surface area contributed by atoms with Crippen LogP contribution in [-0.2, 0) is 4.79 Å². The fraction of sp³-hybridized carbons (Fsp3) is 0.240. The number of hydrogen-bond acceptors (Lipinski definition) is 6. The van der Waals surface area contributed by atoms with Gasteiger partial charge >= 0.3 is 11.6 Å². The first-order valence-corrected chi connectivity index (χ1v) is 10.5. The zero-order chi connectivity index (χ0) is 22.9. The number of benzene rings is 2. The zero-order valence-corrected chi connectivity index (χ0v) is 18.1. The van der Waals surface area contributed by atoms with Crippen molar-refractivity contribution < 1.29 is 23.5 Å². The summed E-state index contributed by atoms with van der Waals surface area (Å²) < 4.78 is 16.1. The van der Waals surface area contributed by atoms with Gasteiger partial charge in [0.2, 0.25) is 0 Å². The lowest BCUT2D eigenvalue weighted by molar-refractivity contribution is -0.128. The minimum Gasteiger partial charge on any atom is -0.494 e. The summed E-state index contributed by atoms with van der Waals surface area (Å²) in [6, 6.07) is 13.5. The lowest BCUT2D eigenvalue weighted by Gasteiger charge is -2.05. The van der Waals surface area contributed by atoms with Crippen molar-refractivity contribution in [2.75, 3.05) is 13.2 Å². The summed E-state index contributed by atoms with van der Waals surface area (Å²) in [5.41, 5.74) is 0.214. The molecule has 0 unspecified atom stereocenters. The maximum atomic E-state index is 12.2. The standard InChI is InChI=1S/C25H25NO6/c1-3-5-14-30-19-10-6-17(7-11-19)8-13-23(27)31-20-12-9-18-15-21(24(28)26-4-2)25(29)32-22(18)16-20/h6-13,15-16H,3-5,14H2,1-2H3,(H,26,28)/b13-8+. The highest BCUT2D eigenvalue weighted by Crippen LogP contribution is 2.21. The molecule has 0 radical (unpaired) electrons. The van der Waals surface area contributed by atoms with Gasteiger partial charge in [-0.05, 0) is 55.3 Å². The highest BCUT2D eigenvalue weighted by Gasteiger charge is 2.13. The Morgan fingerprint density at radius 3 is 2.50 bits per heavy atom. The van der Waals surface area contributed by atoms with Gasteiger partial charge in [-0.1, -0.05) is 25.5 Å². The van der Waals surface area contributed by atoms with Gasteiger partial charge in [-0.15, -0.1) is 0 Å². The number of hydrogen-bond donors (Lipinski definition) is 1. The van der Waals surface area contributed by atoms with Crippen molar-refractivity contribution in [1.29, 1.82) is 0 Å². The van der Waals surface area contributed by atoms with Gasteiger partial charge in [0.05, 0.1) is 6.61 Å². The van der Waals surface area contributed by atoms with Crippen LogP contribution in [0.15, 0.2) is 63.8 Å². The molecule has 3 rings (SSSR count). The van der Waals surface area contributed by atoms with Gasteiger partial charge in [-0.25, -0.2) is 9.59 Å². The van der Waals surface area contributed by atoms with Crippen LogP contribution in [0, 0.1) is 0 Å². The summed E-state index contributed by atoms with van der Waals surface area (Å²) in [5.74, 6) is -0.0647. The minimum atomic E-state index is -0.756. The van der Waals surface area contributed by atoms with Crippen LogP contribution in [0.25, 0.3) is 17.0 Å². The first-order valence-electron chi connectivity index (χ1n) is 10.5. The van der Waals surface area contributed by atoms with Crippen LogP contribution in [0.1, 0.15) is 42.6 Å². The molecule has 32 heavy (non-hydrogen) atoms. The van der Waals surface area contributed by atoms with Crippen molar-refractivity contribution in [2.45, 2.75) is 26.7 Å².